The Kier molecular flexibility index (Phi) is 155. The Morgan fingerprint density at radius 1 is 1.25 bits per heavy atom. The molecule has 0 nitrogen and oxygen atoms in total. The first-order chi connectivity index (χ1) is 0. The summed E-state index contributed by atoms with van der Waals surface area (Å²) < 4.78 is 0. The standard InChI is InChI=1S/CH4.Ca.Cu.Fe.2H/h1H4;;;;;/q;+2;;;2*-1. The quantitative estimate of drug-likeness (QED) is 0.472. The number of hydrogen-bond acceptors (Lipinski definition) is 0. The topological polar surface area (TPSA) is 0 Å². The molecule has 0 spiro atoms. The number of rotatable bonds is 0. The molecule has 31 valence electrons. The third-order valence-electron chi connectivity index (χ3n) is 0. The van der Waals surface area contributed by atoms with E-state index in [0.717, 1.165) is 0 Å². The molecule has 0 fully saturated rings. The minimum Gasteiger partial charge on any atom is -1.00 e. The number of hydrogen-bond donors (Lipinski definition) is 0. The summed E-state index contributed by atoms with van der Waals surface area (Å²) in [7, 11) is 0. The zero-order chi connectivity index (χ0) is 0. The fourth-order valence-corrected chi connectivity index (χ4v) is 0. The second-order valence-electron chi connectivity index (χ2n) is 0. The van der Waals surface area contributed by atoms with Crippen LogP contribution < -0.4 is 0 Å². The predicted molar refractivity (Wildman–Crippen MR) is 14.7 cm³/mol. The zero-order valence-corrected chi connectivity index (χ0v) is 5.62. The van der Waals surface area contributed by atoms with Crippen LogP contribution in [0.3, 0.4) is 0 Å². The van der Waals surface area contributed by atoms with Crippen LogP contribution >= 0.6 is 0 Å². The van der Waals surface area contributed by atoms with Gasteiger partial charge in [-0.15, -0.1) is 0 Å². The monoisotopic (exact) mass is 177 g/mol. The Bertz CT molecular complexity index is 13.5. The van der Waals surface area contributed by atoms with E-state index in [1.165, 1.54) is 0 Å². The van der Waals surface area contributed by atoms with Gasteiger partial charge in [-0.25, -0.2) is 0 Å². The van der Waals surface area contributed by atoms with Gasteiger partial charge in [0.1, 0.15) is 0 Å². The Morgan fingerprint density at radius 2 is 1.25 bits per heavy atom. The van der Waals surface area contributed by atoms with Gasteiger partial charge in [0.2, 0.25) is 0 Å². The van der Waals surface area contributed by atoms with E-state index in [0.29, 0.717) is 0 Å². The summed E-state index contributed by atoms with van der Waals surface area (Å²) >= 11 is 0. The predicted octanol–water partition coefficient (Wildman–Crippen LogP) is 0.475. The molecule has 0 heterocycles. The maximum absolute atomic E-state index is 0. The van der Waals surface area contributed by atoms with Gasteiger partial charge in [-0.05, 0) is 0 Å². The molecule has 0 aliphatic carbocycles. The first kappa shape index (κ1) is 33.5. The van der Waals surface area contributed by atoms with E-state index in [1.807, 2.05) is 0 Å². The summed E-state index contributed by atoms with van der Waals surface area (Å²) in [6.07, 6.45) is 0. The average molecular weight is 178 g/mol. The van der Waals surface area contributed by atoms with Gasteiger partial charge in [0, 0.05) is 34.1 Å². The maximum atomic E-state index is 0. The summed E-state index contributed by atoms with van der Waals surface area (Å²) in [4.78, 5) is 0. The summed E-state index contributed by atoms with van der Waals surface area (Å²) in [6, 6.07) is 0. The van der Waals surface area contributed by atoms with Crippen molar-refractivity contribution in [1.82, 2.24) is 0 Å². The van der Waals surface area contributed by atoms with E-state index in [2.05, 4.69) is 0 Å². The molecule has 0 N–H and O–H groups in total. The molecule has 0 rings (SSSR count). The third-order valence-corrected chi connectivity index (χ3v) is 0. The van der Waals surface area contributed by atoms with Crippen molar-refractivity contribution in [2.24, 2.45) is 0 Å². The van der Waals surface area contributed by atoms with Gasteiger partial charge in [0.15, 0.2) is 0 Å². The molecule has 0 aromatic carbocycles. The maximum Gasteiger partial charge on any atom is 2.00 e. The molecule has 3 heteroatoms. The SMILES string of the molecule is C.[Ca+2].[Cu].[Fe].[H-].[H-]. The Balaban J connectivity index is 0. The summed E-state index contributed by atoms with van der Waals surface area (Å²) in [5.41, 5.74) is 0. The second kappa shape index (κ2) is 18.5. The molecule has 1 radical (unpaired) electrons. The van der Waals surface area contributed by atoms with Crippen LogP contribution in [0.25, 0.3) is 0 Å². The molecule has 0 atom stereocenters. The van der Waals surface area contributed by atoms with Crippen LogP contribution in [0.4, 0.5) is 0 Å². The molecular weight excluding hydrogens is 171 g/mol. The molecule has 0 bridgehead atoms. The van der Waals surface area contributed by atoms with E-state index < -0.39 is 0 Å². The van der Waals surface area contributed by atoms with Crippen molar-refractivity contribution in [3.63, 3.8) is 0 Å². The normalized spacial score (nSPS) is 0. The summed E-state index contributed by atoms with van der Waals surface area (Å²) in [6.45, 7) is 0. The first-order valence-electron chi connectivity index (χ1n) is 0. The van der Waals surface area contributed by atoms with Gasteiger partial charge in [0.05, 0.1) is 0 Å². The van der Waals surface area contributed by atoms with Crippen molar-refractivity contribution in [3.05, 3.63) is 0 Å². The molecule has 4 heavy (non-hydrogen) atoms. The minimum absolute atomic E-state index is 0. The Hall–Kier alpha value is 2.30. The van der Waals surface area contributed by atoms with Crippen molar-refractivity contribution in [2.75, 3.05) is 0 Å². The molecule has 0 unspecified atom stereocenters. The van der Waals surface area contributed by atoms with E-state index in [-0.39, 0.29) is 82.2 Å². The first-order valence-corrected chi connectivity index (χ1v) is 0. The van der Waals surface area contributed by atoms with Crippen molar-refractivity contribution >= 4 is 37.7 Å². The zero-order valence-electron chi connectivity index (χ0n) is 3.36. The van der Waals surface area contributed by atoms with E-state index in [1.54, 1.807) is 0 Å². The van der Waals surface area contributed by atoms with Gasteiger partial charge in [-0.3, -0.25) is 0 Å². The van der Waals surface area contributed by atoms with Crippen molar-refractivity contribution in [2.45, 2.75) is 7.43 Å². The Labute approximate surface area is 81.0 Å². The second-order valence-corrected chi connectivity index (χ2v) is 0. The molecule has 0 aromatic rings. The molecule has 0 saturated heterocycles. The largest absolute Gasteiger partial charge is 2.00 e. The average Bonchev–Trinajstić information content (AvgIpc) is 0. The molecule has 0 aromatic heterocycles. The Morgan fingerprint density at radius 3 is 1.25 bits per heavy atom. The van der Waals surface area contributed by atoms with Gasteiger partial charge in [-0.1, -0.05) is 7.43 Å². The smallest absolute Gasteiger partial charge is 1.00 e. The van der Waals surface area contributed by atoms with Gasteiger partial charge in [0.25, 0.3) is 0 Å². The van der Waals surface area contributed by atoms with Crippen molar-refractivity contribution in [1.29, 1.82) is 0 Å². The van der Waals surface area contributed by atoms with E-state index >= 15 is 0 Å². The third kappa shape index (κ3) is 8.85. The van der Waals surface area contributed by atoms with Gasteiger partial charge < -0.3 is 2.85 Å². The van der Waals surface area contributed by atoms with Crippen LogP contribution in [0.5, 0.6) is 0 Å². The van der Waals surface area contributed by atoms with Crippen LogP contribution in [-0.4, -0.2) is 37.7 Å². The van der Waals surface area contributed by atoms with Crippen molar-refractivity contribution < 1.29 is 37.0 Å². The summed E-state index contributed by atoms with van der Waals surface area (Å²) in [5, 5.41) is 0. The van der Waals surface area contributed by atoms with E-state index in [4.69, 9.17) is 0 Å². The van der Waals surface area contributed by atoms with Crippen LogP contribution in [0.15, 0.2) is 0 Å². The molecule has 0 amide bonds. The van der Waals surface area contributed by atoms with Crippen LogP contribution in [-0.2, 0) is 34.1 Å². The molecule has 0 aliphatic rings. The summed E-state index contributed by atoms with van der Waals surface area (Å²) in [5.74, 6) is 0. The van der Waals surface area contributed by atoms with E-state index in [9.17, 15) is 0 Å². The minimum atomic E-state index is 0. The van der Waals surface area contributed by atoms with Crippen LogP contribution in [0, 0.1) is 0 Å². The van der Waals surface area contributed by atoms with Gasteiger partial charge in [-0.2, -0.15) is 0 Å². The van der Waals surface area contributed by atoms with Crippen molar-refractivity contribution in [3.8, 4) is 0 Å². The molecular formula is CH6CaCuFe. The van der Waals surface area contributed by atoms with Gasteiger partial charge >= 0.3 is 37.7 Å². The van der Waals surface area contributed by atoms with Crippen LogP contribution in [0.1, 0.15) is 10.3 Å². The fraction of sp³-hybridized carbons (Fsp3) is 1.00. The van der Waals surface area contributed by atoms with Crippen LogP contribution in [0.2, 0.25) is 0 Å². The molecule has 0 saturated carbocycles. The fourth-order valence-electron chi connectivity index (χ4n) is 0. The molecule has 0 aliphatic heterocycles.